The highest BCUT2D eigenvalue weighted by molar-refractivity contribution is 7.73. The number of amides is 1. The average Bonchev–Trinajstić information content (AvgIpc) is 2.77. The molecule has 0 radical (unpaired) electrons. The molecule has 0 N–H and O–H groups in total. The van der Waals surface area contributed by atoms with Crippen LogP contribution in [0.25, 0.3) is 10.3 Å². The lowest BCUT2D eigenvalue weighted by molar-refractivity contribution is -0.131. The smallest absolute Gasteiger partial charge is 0.273 e. The average molecular weight is 364 g/mol. The summed E-state index contributed by atoms with van der Waals surface area (Å²) < 4.78 is 4.25. The van der Waals surface area contributed by atoms with Crippen molar-refractivity contribution < 1.29 is 4.79 Å². The first-order valence-corrected chi connectivity index (χ1v) is 9.31. The van der Waals surface area contributed by atoms with Gasteiger partial charge in [-0.25, -0.2) is 4.98 Å². The molecule has 3 rings (SSSR count). The van der Waals surface area contributed by atoms with Gasteiger partial charge in [-0.15, -0.1) is 6.58 Å². The fraction of sp³-hybridized carbons (Fsp3) is 0.500. The molecule has 0 bridgehead atoms. The standard InChI is InChI=1S/C16H20N4O2S2/c1-2-7-20-14-13(24-16(20)23)15(22)19(11-17-14)10-12(21)18-8-5-3-4-6-9-18/h2,11H,1,3-10H2. The van der Waals surface area contributed by atoms with E-state index in [2.05, 4.69) is 11.6 Å². The summed E-state index contributed by atoms with van der Waals surface area (Å²) in [4.78, 5) is 31.4. The summed E-state index contributed by atoms with van der Waals surface area (Å²) in [6.45, 7) is 5.80. The van der Waals surface area contributed by atoms with E-state index < -0.39 is 0 Å². The van der Waals surface area contributed by atoms with Crippen LogP contribution >= 0.6 is 23.6 Å². The highest BCUT2D eigenvalue weighted by atomic mass is 32.1. The third kappa shape index (κ3) is 3.34. The Morgan fingerprint density at radius 1 is 1.33 bits per heavy atom. The van der Waals surface area contributed by atoms with Crippen LogP contribution in [0.1, 0.15) is 25.7 Å². The number of nitrogens with zero attached hydrogens (tertiary/aromatic N) is 4. The molecule has 128 valence electrons. The van der Waals surface area contributed by atoms with E-state index in [0.717, 1.165) is 38.8 Å². The minimum absolute atomic E-state index is 0.0192. The molecule has 1 amide bonds. The second-order valence-electron chi connectivity index (χ2n) is 5.89. The molecule has 0 spiro atoms. The van der Waals surface area contributed by atoms with Crippen molar-refractivity contribution >= 4 is 39.8 Å². The van der Waals surface area contributed by atoms with Crippen LogP contribution in [0.2, 0.25) is 0 Å². The molecule has 24 heavy (non-hydrogen) atoms. The number of hydrogen-bond donors (Lipinski definition) is 0. The molecule has 0 aromatic carbocycles. The molecule has 6 nitrogen and oxygen atoms in total. The largest absolute Gasteiger partial charge is 0.341 e. The number of allylic oxidation sites excluding steroid dienone is 1. The van der Waals surface area contributed by atoms with E-state index in [1.807, 2.05) is 4.90 Å². The Morgan fingerprint density at radius 2 is 2.04 bits per heavy atom. The van der Waals surface area contributed by atoms with Crippen molar-refractivity contribution in [3.8, 4) is 0 Å². The summed E-state index contributed by atoms with van der Waals surface area (Å²) in [5.41, 5.74) is 0.357. The second-order valence-corrected chi connectivity index (χ2v) is 7.54. The molecule has 1 saturated heterocycles. The van der Waals surface area contributed by atoms with Crippen LogP contribution in [0.15, 0.2) is 23.8 Å². The topological polar surface area (TPSA) is 60.1 Å². The lowest BCUT2D eigenvalue weighted by Gasteiger charge is -2.20. The van der Waals surface area contributed by atoms with E-state index in [1.165, 1.54) is 22.2 Å². The molecule has 1 aliphatic rings. The van der Waals surface area contributed by atoms with Gasteiger partial charge in [-0.1, -0.05) is 30.3 Å². The van der Waals surface area contributed by atoms with Crippen LogP contribution in [-0.2, 0) is 17.9 Å². The molecule has 2 aromatic heterocycles. The zero-order chi connectivity index (χ0) is 17.1. The predicted molar refractivity (Wildman–Crippen MR) is 97.9 cm³/mol. The van der Waals surface area contributed by atoms with Gasteiger partial charge in [-0.2, -0.15) is 0 Å². The number of likely N-dealkylation sites (tertiary alicyclic amines) is 1. The zero-order valence-electron chi connectivity index (χ0n) is 13.4. The number of aromatic nitrogens is 3. The van der Waals surface area contributed by atoms with Crippen molar-refractivity contribution in [2.75, 3.05) is 13.1 Å². The number of carbonyl (C=O) groups is 1. The van der Waals surface area contributed by atoms with Crippen molar-refractivity contribution in [1.82, 2.24) is 19.0 Å². The van der Waals surface area contributed by atoms with Crippen LogP contribution in [0, 0.1) is 3.95 Å². The normalized spacial score (nSPS) is 15.4. The monoisotopic (exact) mass is 364 g/mol. The van der Waals surface area contributed by atoms with Crippen molar-refractivity contribution in [2.45, 2.75) is 38.8 Å². The minimum Gasteiger partial charge on any atom is -0.341 e. The molecule has 0 atom stereocenters. The number of rotatable bonds is 4. The van der Waals surface area contributed by atoms with Gasteiger partial charge in [0.1, 0.15) is 17.6 Å². The van der Waals surface area contributed by atoms with Gasteiger partial charge in [0.15, 0.2) is 9.60 Å². The highest BCUT2D eigenvalue weighted by Crippen LogP contribution is 2.18. The number of carbonyl (C=O) groups excluding carboxylic acids is 1. The van der Waals surface area contributed by atoms with Crippen molar-refractivity contribution in [3.05, 3.63) is 33.3 Å². The van der Waals surface area contributed by atoms with Crippen LogP contribution in [0.4, 0.5) is 0 Å². The molecule has 0 saturated carbocycles. The summed E-state index contributed by atoms with van der Waals surface area (Å²) in [7, 11) is 0. The van der Waals surface area contributed by atoms with E-state index in [4.69, 9.17) is 12.2 Å². The molecule has 8 heteroatoms. The third-order valence-corrected chi connectivity index (χ3v) is 5.65. The van der Waals surface area contributed by atoms with Gasteiger partial charge >= 0.3 is 0 Å². The third-order valence-electron chi connectivity index (χ3n) is 4.22. The summed E-state index contributed by atoms with van der Waals surface area (Å²) in [6, 6.07) is 0. The van der Waals surface area contributed by atoms with E-state index >= 15 is 0 Å². The number of hydrogen-bond acceptors (Lipinski definition) is 5. The van der Waals surface area contributed by atoms with E-state index in [9.17, 15) is 9.59 Å². The summed E-state index contributed by atoms with van der Waals surface area (Å²) in [5.74, 6) is -0.0192. The lowest BCUT2D eigenvalue weighted by Crippen LogP contribution is -2.37. The van der Waals surface area contributed by atoms with Gasteiger partial charge in [-0.05, 0) is 25.1 Å². The van der Waals surface area contributed by atoms with E-state index in [0.29, 0.717) is 20.8 Å². The Labute approximate surface area is 149 Å². The fourth-order valence-electron chi connectivity index (χ4n) is 2.94. The van der Waals surface area contributed by atoms with Crippen molar-refractivity contribution in [2.24, 2.45) is 0 Å². The van der Waals surface area contributed by atoms with Gasteiger partial charge in [0.05, 0.1) is 0 Å². The molecular formula is C16H20N4O2S2. The quantitative estimate of drug-likeness (QED) is 0.618. The second kappa shape index (κ2) is 7.40. The van der Waals surface area contributed by atoms with Crippen molar-refractivity contribution in [1.29, 1.82) is 0 Å². The molecule has 0 unspecified atom stereocenters. The molecule has 0 aliphatic carbocycles. The maximum atomic E-state index is 12.7. The van der Waals surface area contributed by atoms with Crippen LogP contribution in [0.3, 0.4) is 0 Å². The zero-order valence-corrected chi connectivity index (χ0v) is 15.1. The highest BCUT2D eigenvalue weighted by Gasteiger charge is 2.18. The van der Waals surface area contributed by atoms with Gasteiger partial charge in [0.2, 0.25) is 5.91 Å². The maximum Gasteiger partial charge on any atom is 0.273 e. The van der Waals surface area contributed by atoms with Crippen LogP contribution in [-0.4, -0.2) is 38.0 Å². The molecule has 1 aliphatic heterocycles. The first-order valence-electron chi connectivity index (χ1n) is 8.09. The molecule has 2 aromatic rings. The lowest BCUT2D eigenvalue weighted by atomic mass is 10.2. The molecule has 3 heterocycles. The predicted octanol–water partition coefficient (Wildman–Crippen LogP) is 2.58. The van der Waals surface area contributed by atoms with Gasteiger partial charge in [0.25, 0.3) is 5.56 Å². The maximum absolute atomic E-state index is 12.7. The Bertz CT molecular complexity index is 872. The van der Waals surface area contributed by atoms with Gasteiger partial charge < -0.3 is 9.47 Å². The summed E-state index contributed by atoms with van der Waals surface area (Å²) in [5, 5.41) is 0. The number of thiazole rings is 1. The Hall–Kier alpha value is -1.80. The fourth-order valence-corrected chi connectivity index (χ4v) is 4.26. The SMILES string of the molecule is C=CCn1c(=S)sc2c(=O)n(CC(=O)N3CCCCCC3)cnc21. The van der Waals surface area contributed by atoms with Crippen LogP contribution in [0.5, 0.6) is 0 Å². The molecular weight excluding hydrogens is 344 g/mol. The van der Waals surface area contributed by atoms with Crippen molar-refractivity contribution in [3.63, 3.8) is 0 Å². The van der Waals surface area contributed by atoms with Gasteiger partial charge in [-0.3, -0.25) is 14.2 Å². The molecule has 1 fully saturated rings. The first kappa shape index (κ1) is 17.0. The Morgan fingerprint density at radius 3 is 2.71 bits per heavy atom. The summed E-state index contributed by atoms with van der Waals surface area (Å²) in [6.07, 6.45) is 7.56. The van der Waals surface area contributed by atoms with E-state index in [1.54, 1.807) is 10.6 Å². The summed E-state index contributed by atoms with van der Waals surface area (Å²) >= 11 is 6.53. The number of fused-ring (bicyclic) bond motifs is 1. The minimum atomic E-state index is -0.206. The Balaban J connectivity index is 1.89. The van der Waals surface area contributed by atoms with Gasteiger partial charge in [0, 0.05) is 19.6 Å². The van der Waals surface area contributed by atoms with E-state index in [-0.39, 0.29) is 18.0 Å². The Kier molecular flexibility index (Phi) is 5.25. The first-order chi connectivity index (χ1) is 11.6. The van der Waals surface area contributed by atoms with Crippen LogP contribution < -0.4 is 5.56 Å².